The lowest BCUT2D eigenvalue weighted by atomic mass is 10.2. The van der Waals surface area contributed by atoms with Crippen LogP contribution in [0.25, 0.3) is 6.08 Å². The zero-order valence-corrected chi connectivity index (χ0v) is 16.7. The van der Waals surface area contributed by atoms with E-state index in [-0.39, 0.29) is 9.92 Å². The molecule has 0 fully saturated rings. The largest absolute Gasteiger partial charge is 0.218 e. The van der Waals surface area contributed by atoms with Gasteiger partial charge in [-0.1, -0.05) is 45.2 Å². The molecule has 8 heteroatoms. The van der Waals surface area contributed by atoms with Crippen molar-refractivity contribution in [1.82, 2.24) is 0 Å². The van der Waals surface area contributed by atoms with Crippen molar-refractivity contribution in [3.8, 4) is 6.07 Å². The molecular weight excluding hydrogens is 489 g/mol. The molecule has 2 aromatic rings. The van der Waals surface area contributed by atoms with Crippen LogP contribution in [0.3, 0.4) is 0 Å². The number of sulfone groups is 1. The van der Waals surface area contributed by atoms with Crippen LogP contribution >= 0.6 is 55.1 Å². The maximum Gasteiger partial charge on any atom is 0.217 e. The van der Waals surface area contributed by atoms with E-state index in [9.17, 15) is 13.7 Å². The topological polar surface area (TPSA) is 57.9 Å². The first kappa shape index (κ1) is 18.5. The van der Waals surface area contributed by atoms with Gasteiger partial charge in [0.2, 0.25) is 9.84 Å². The summed E-state index contributed by atoms with van der Waals surface area (Å²) in [4.78, 5) is -0.426. The molecule has 0 unspecified atom stereocenters. The highest BCUT2D eigenvalue weighted by Crippen LogP contribution is 2.31. The molecule has 0 amide bonds. The molecule has 0 spiro atoms. The number of hydrogen-bond donors (Lipinski definition) is 0. The van der Waals surface area contributed by atoms with Crippen molar-refractivity contribution >= 4 is 71.0 Å². The Hall–Kier alpha value is -0.840. The van der Waals surface area contributed by atoms with Gasteiger partial charge in [-0.3, -0.25) is 0 Å². The van der Waals surface area contributed by atoms with Crippen molar-refractivity contribution in [3.05, 3.63) is 65.9 Å². The van der Waals surface area contributed by atoms with E-state index in [0.29, 0.717) is 19.5 Å². The van der Waals surface area contributed by atoms with E-state index in [2.05, 4.69) is 31.9 Å². The Morgan fingerprint density at radius 2 is 1.83 bits per heavy atom. The average Bonchev–Trinajstić information content (AvgIpc) is 2.48. The van der Waals surface area contributed by atoms with Crippen molar-refractivity contribution in [2.45, 2.75) is 4.90 Å². The molecule has 0 aliphatic rings. The molecular formula is C15H7Br2Cl2NO2S. The zero-order chi connectivity index (χ0) is 17.2. The lowest BCUT2D eigenvalue weighted by Crippen LogP contribution is -2.04. The molecule has 0 atom stereocenters. The number of hydrogen-bond acceptors (Lipinski definition) is 3. The van der Waals surface area contributed by atoms with Gasteiger partial charge in [-0.25, -0.2) is 8.42 Å². The predicted octanol–water partition coefficient (Wildman–Crippen LogP) is 5.86. The van der Waals surface area contributed by atoms with Crippen LogP contribution in [0.5, 0.6) is 0 Å². The quantitative estimate of drug-likeness (QED) is 0.501. The van der Waals surface area contributed by atoms with E-state index >= 15 is 0 Å². The lowest BCUT2D eigenvalue weighted by Gasteiger charge is -2.07. The second-order valence-electron chi connectivity index (χ2n) is 4.36. The van der Waals surface area contributed by atoms with Gasteiger partial charge in [-0.15, -0.1) is 0 Å². The fourth-order valence-electron chi connectivity index (χ4n) is 1.73. The van der Waals surface area contributed by atoms with Crippen molar-refractivity contribution in [1.29, 1.82) is 5.26 Å². The fraction of sp³-hybridized carbons (Fsp3) is 0. The monoisotopic (exact) mass is 493 g/mol. The third-order valence-electron chi connectivity index (χ3n) is 2.83. The van der Waals surface area contributed by atoms with Crippen LogP contribution in [0.2, 0.25) is 10.0 Å². The van der Waals surface area contributed by atoms with Gasteiger partial charge in [0.05, 0.1) is 4.90 Å². The van der Waals surface area contributed by atoms with E-state index in [1.165, 1.54) is 18.2 Å². The standard InChI is InChI=1S/C15H7Br2Cl2NO2S/c16-10-2-4-13(17)15(6-10)23(21,22)12(8-20)5-9-1-3-11(18)7-14(9)19/h1-7H/b12-5+. The highest BCUT2D eigenvalue weighted by Gasteiger charge is 2.24. The molecule has 118 valence electrons. The molecule has 0 aliphatic heterocycles. The van der Waals surface area contributed by atoms with Crippen LogP contribution in [0.4, 0.5) is 0 Å². The first-order valence-corrected chi connectivity index (χ1v) is 9.85. The number of nitrogens with zero attached hydrogens (tertiary/aromatic N) is 1. The molecule has 0 saturated carbocycles. The summed E-state index contributed by atoms with van der Waals surface area (Å²) >= 11 is 18.3. The Labute approximate surface area is 160 Å². The first-order valence-electron chi connectivity index (χ1n) is 6.02. The molecule has 0 aliphatic carbocycles. The van der Waals surface area contributed by atoms with Crippen LogP contribution in [-0.4, -0.2) is 8.42 Å². The summed E-state index contributed by atoms with van der Waals surface area (Å²) in [7, 11) is -4.00. The second kappa shape index (κ2) is 7.37. The first-order chi connectivity index (χ1) is 10.8. The van der Waals surface area contributed by atoms with Crippen LogP contribution in [0, 0.1) is 11.3 Å². The summed E-state index contributed by atoms with van der Waals surface area (Å²) in [5, 5.41) is 9.97. The smallest absolute Gasteiger partial charge is 0.217 e. The molecule has 23 heavy (non-hydrogen) atoms. The second-order valence-corrected chi connectivity index (χ2v) is 8.86. The van der Waals surface area contributed by atoms with Crippen molar-refractivity contribution in [2.75, 3.05) is 0 Å². The van der Waals surface area contributed by atoms with E-state index in [0.717, 1.165) is 0 Å². The van der Waals surface area contributed by atoms with Crippen LogP contribution in [-0.2, 0) is 9.84 Å². The lowest BCUT2D eigenvalue weighted by molar-refractivity contribution is 0.603. The van der Waals surface area contributed by atoms with Gasteiger partial charge in [-0.05, 0) is 57.9 Å². The minimum Gasteiger partial charge on any atom is -0.218 e. The maximum absolute atomic E-state index is 12.7. The van der Waals surface area contributed by atoms with E-state index in [1.807, 2.05) is 0 Å². The van der Waals surface area contributed by atoms with E-state index in [4.69, 9.17) is 23.2 Å². The third-order valence-corrected chi connectivity index (χ3v) is 6.55. The summed E-state index contributed by atoms with van der Waals surface area (Å²) in [6, 6.07) is 11.0. The Balaban J connectivity index is 2.62. The molecule has 3 nitrogen and oxygen atoms in total. The Morgan fingerprint density at radius 3 is 2.43 bits per heavy atom. The number of nitriles is 1. The molecule has 2 rings (SSSR count). The Morgan fingerprint density at radius 1 is 1.13 bits per heavy atom. The molecule has 2 aromatic carbocycles. The summed E-state index contributed by atoms with van der Waals surface area (Å²) in [5.74, 6) is 0. The molecule has 0 N–H and O–H groups in total. The number of allylic oxidation sites excluding steroid dienone is 1. The van der Waals surface area contributed by atoms with Crippen molar-refractivity contribution in [2.24, 2.45) is 0 Å². The van der Waals surface area contributed by atoms with Crippen LogP contribution < -0.4 is 0 Å². The maximum atomic E-state index is 12.7. The Bertz CT molecular complexity index is 950. The van der Waals surface area contributed by atoms with Gasteiger partial charge in [-0.2, -0.15) is 5.26 Å². The molecule has 0 heterocycles. The highest BCUT2D eigenvalue weighted by molar-refractivity contribution is 9.11. The van der Waals surface area contributed by atoms with Gasteiger partial charge < -0.3 is 0 Å². The summed E-state index contributed by atoms with van der Waals surface area (Å²) in [5.41, 5.74) is 0.391. The molecule has 0 bridgehead atoms. The SMILES string of the molecule is N#C/C(=C\c1ccc(Cl)cc1Cl)S(=O)(=O)c1cc(Br)ccc1Br. The molecule has 0 radical (unpaired) electrons. The van der Waals surface area contributed by atoms with Crippen LogP contribution in [0.1, 0.15) is 5.56 Å². The normalized spacial score (nSPS) is 12.0. The number of halogens is 4. The zero-order valence-electron chi connectivity index (χ0n) is 11.2. The van der Waals surface area contributed by atoms with Crippen molar-refractivity contribution in [3.63, 3.8) is 0 Å². The van der Waals surface area contributed by atoms with Gasteiger partial charge in [0.25, 0.3) is 0 Å². The minimum atomic E-state index is -4.00. The molecule has 0 saturated heterocycles. The van der Waals surface area contributed by atoms with Gasteiger partial charge >= 0.3 is 0 Å². The third kappa shape index (κ3) is 4.17. The number of benzene rings is 2. The highest BCUT2D eigenvalue weighted by atomic mass is 79.9. The summed E-state index contributed by atoms with van der Waals surface area (Å²) < 4.78 is 26.4. The molecule has 0 aromatic heterocycles. The summed E-state index contributed by atoms with van der Waals surface area (Å²) in [6.45, 7) is 0. The fourth-order valence-corrected chi connectivity index (χ4v) is 4.84. The van der Waals surface area contributed by atoms with Gasteiger partial charge in [0, 0.05) is 19.0 Å². The minimum absolute atomic E-state index is 0.00948. The average molecular weight is 496 g/mol. The van der Waals surface area contributed by atoms with E-state index < -0.39 is 14.7 Å². The predicted molar refractivity (Wildman–Crippen MR) is 99.1 cm³/mol. The van der Waals surface area contributed by atoms with Gasteiger partial charge in [0.15, 0.2) is 0 Å². The number of rotatable bonds is 3. The Kier molecular flexibility index (Phi) is 5.93. The van der Waals surface area contributed by atoms with Gasteiger partial charge in [0.1, 0.15) is 11.0 Å². The summed E-state index contributed by atoms with van der Waals surface area (Å²) in [6.07, 6.45) is 1.22. The van der Waals surface area contributed by atoms with Crippen molar-refractivity contribution < 1.29 is 8.42 Å². The van der Waals surface area contributed by atoms with E-state index in [1.54, 1.807) is 30.3 Å². The van der Waals surface area contributed by atoms with Crippen LogP contribution in [0.15, 0.2) is 55.1 Å².